The molecule has 2 rings (SSSR count). The molecule has 16 heavy (non-hydrogen) atoms. The van der Waals surface area contributed by atoms with Gasteiger partial charge in [-0.3, -0.25) is 4.99 Å². The molecular weight excluding hydrogens is 218 g/mol. The van der Waals surface area contributed by atoms with Crippen molar-refractivity contribution in [2.75, 3.05) is 11.1 Å². The molecule has 1 unspecified atom stereocenters. The van der Waals surface area contributed by atoms with Gasteiger partial charge in [0.15, 0.2) is 5.17 Å². The Morgan fingerprint density at radius 3 is 3.19 bits per heavy atom. The van der Waals surface area contributed by atoms with Gasteiger partial charge in [0, 0.05) is 11.4 Å². The molecule has 1 N–H and O–H groups in total. The van der Waals surface area contributed by atoms with Crippen LogP contribution in [0, 0.1) is 11.3 Å². The molecular formula is C12H13N3S. The van der Waals surface area contributed by atoms with Gasteiger partial charge in [0.25, 0.3) is 0 Å². The van der Waals surface area contributed by atoms with Gasteiger partial charge < -0.3 is 5.32 Å². The third kappa shape index (κ3) is 2.56. The Labute approximate surface area is 99.6 Å². The first-order chi connectivity index (χ1) is 7.81. The Morgan fingerprint density at radius 2 is 2.50 bits per heavy atom. The summed E-state index contributed by atoms with van der Waals surface area (Å²) in [6.45, 7) is 2.15. The van der Waals surface area contributed by atoms with Gasteiger partial charge in [0.05, 0.1) is 17.7 Å². The summed E-state index contributed by atoms with van der Waals surface area (Å²) in [4.78, 5) is 4.54. The molecule has 0 fully saturated rings. The van der Waals surface area contributed by atoms with E-state index in [1.807, 2.05) is 18.2 Å². The van der Waals surface area contributed by atoms with Crippen LogP contribution < -0.4 is 5.32 Å². The normalized spacial score (nSPS) is 19.0. The number of rotatable bonds is 2. The SMILES string of the molecule is CCC1CSC(Nc2cccc(C#N)c2)=N1. The predicted octanol–water partition coefficient (Wildman–Crippen LogP) is 2.85. The highest BCUT2D eigenvalue weighted by Gasteiger charge is 2.16. The lowest BCUT2D eigenvalue weighted by Crippen LogP contribution is -2.05. The van der Waals surface area contributed by atoms with Crippen LogP contribution in [-0.2, 0) is 0 Å². The third-order valence-electron chi connectivity index (χ3n) is 2.43. The number of aliphatic imine (C=N–C) groups is 1. The topological polar surface area (TPSA) is 48.2 Å². The van der Waals surface area contributed by atoms with Crippen molar-refractivity contribution in [1.82, 2.24) is 0 Å². The summed E-state index contributed by atoms with van der Waals surface area (Å²) in [7, 11) is 0. The molecule has 0 spiro atoms. The minimum atomic E-state index is 0.437. The molecule has 1 atom stereocenters. The molecule has 1 aromatic rings. The van der Waals surface area contributed by atoms with Gasteiger partial charge in [-0.25, -0.2) is 0 Å². The van der Waals surface area contributed by atoms with Crippen LogP contribution in [0.1, 0.15) is 18.9 Å². The van der Waals surface area contributed by atoms with E-state index in [0.29, 0.717) is 11.6 Å². The molecule has 0 aromatic heterocycles. The highest BCUT2D eigenvalue weighted by atomic mass is 32.2. The number of nitriles is 1. The van der Waals surface area contributed by atoms with Gasteiger partial charge in [-0.1, -0.05) is 24.8 Å². The van der Waals surface area contributed by atoms with E-state index < -0.39 is 0 Å². The van der Waals surface area contributed by atoms with Gasteiger partial charge in [-0.05, 0) is 24.6 Å². The maximum absolute atomic E-state index is 8.79. The first kappa shape index (κ1) is 11.0. The fraction of sp³-hybridized carbons (Fsp3) is 0.333. The van der Waals surface area contributed by atoms with E-state index in [2.05, 4.69) is 23.3 Å². The third-order valence-corrected chi connectivity index (χ3v) is 3.46. The summed E-state index contributed by atoms with van der Waals surface area (Å²) >= 11 is 1.74. The lowest BCUT2D eigenvalue weighted by Gasteiger charge is -2.04. The van der Waals surface area contributed by atoms with Gasteiger partial charge in [-0.15, -0.1) is 0 Å². The molecule has 0 saturated heterocycles. The number of anilines is 1. The number of benzene rings is 1. The van der Waals surface area contributed by atoms with Crippen molar-refractivity contribution in [3.63, 3.8) is 0 Å². The van der Waals surface area contributed by atoms with E-state index >= 15 is 0 Å². The van der Waals surface area contributed by atoms with Crippen LogP contribution in [0.5, 0.6) is 0 Å². The number of hydrogen-bond acceptors (Lipinski definition) is 4. The number of nitrogens with zero attached hydrogens (tertiary/aromatic N) is 2. The maximum atomic E-state index is 8.79. The molecule has 82 valence electrons. The van der Waals surface area contributed by atoms with Gasteiger partial charge in [-0.2, -0.15) is 5.26 Å². The highest BCUT2D eigenvalue weighted by Crippen LogP contribution is 2.22. The quantitative estimate of drug-likeness (QED) is 0.851. The zero-order chi connectivity index (χ0) is 11.4. The van der Waals surface area contributed by atoms with Gasteiger partial charge in [0.2, 0.25) is 0 Å². The molecule has 0 amide bonds. The van der Waals surface area contributed by atoms with Crippen LogP contribution in [0.3, 0.4) is 0 Å². The number of amidine groups is 1. The van der Waals surface area contributed by atoms with E-state index in [-0.39, 0.29) is 0 Å². The first-order valence-corrected chi connectivity index (χ1v) is 6.28. The average Bonchev–Trinajstić information content (AvgIpc) is 2.77. The van der Waals surface area contributed by atoms with E-state index in [1.165, 1.54) is 0 Å². The first-order valence-electron chi connectivity index (χ1n) is 5.29. The lowest BCUT2D eigenvalue weighted by atomic mass is 10.2. The monoisotopic (exact) mass is 231 g/mol. The summed E-state index contributed by atoms with van der Waals surface area (Å²) < 4.78 is 0. The van der Waals surface area contributed by atoms with E-state index in [9.17, 15) is 0 Å². The lowest BCUT2D eigenvalue weighted by molar-refractivity contribution is 0.738. The largest absolute Gasteiger partial charge is 0.335 e. The molecule has 0 saturated carbocycles. The zero-order valence-corrected chi connectivity index (χ0v) is 9.92. The van der Waals surface area contributed by atoms with E-state index in [0.717, 1.165) is 23.0 Å². The summed E-state index contributed by atoms with van der Waals surface area (Å²) in [6, 6.07) is 10.0. The van der Waals surface area contributed by atoms with Crippen LogP contribution in [0.2, 0.25) is 0 Å². The van der Waals surface area contributed by atoms with Gasteiger partial charge in [0.1, 0.15) is 0 Å². The average molecular weight is 231 g/mol. The fourth-order valence-electron chi connectivity index (χ4n) is 1.48. The van der Waals surface area contributed by atoms with Crippen LogP contribution in [0.4, 0.5) is 5.69 Å². The Kier molecular flexibility index (Phi) is 3.47. The fourth-order valence-corrected chi connectivity index (χ4v) is 2.56. The molecule has 0 bridgehead atoms. The molecule has 1 heterocycles. The second kappa shape index (κ2) is 5.04. The van der Waals surface area contributed by atoms with Crippen molar-refractivity contribution in [3.8, 4) is 6.07 Å². The highest BCUT2D eigenvalue weighted by molar-refractivity contribution is 8.14. The zero-order valence-electron chi connectivity index (χ0n) is 9.10. The predicted molar refractivity (Wildman–Crippen MR) is 68.8 cm³/mol. The molecule has 0 radical (unpaired) electrons. The number of thioether (sulfide) groups is 1. The maximum Gasteiger partial charge on any atom is 0.161 e. The Morgan fingerprint density at radius 1 is 1.62 bits per heavy atom. The molecule has 0 aliphatic carbocycles. The summed E-state index contributed by atoms with van der Waals surface area (Å²) in [5.74, 6) is 1.05. The Balaban J connectivity index is 2.07. The van der Waals surface area contributed by atoms with Crippen LogP contribution >= 0.6 is 11.8 Å². The second-order valence-electron chi connectivity index (χ2n) is 3.62. The summed E-state index contributed by atoms with van der Waals surface area (Å²) in [6.07, 6.45) is 1.08. The van der Waals surface area contributed by atoms with Crippen LogP contribution in [-0.4, -0.2) is 17.0 Å². The summed E-state index contributed by atoms with van der Waals surface area (Å²) in [5.41, 5.74) is 1.60. The van der Waals surface area contributed by atoms with E-state index in [1.54, 1.807) is 17.8 Å². The van der Waals surface area contributed by atoms with Crippen molar-refractivity contribution in [2.45, 2.75) is 19.4 Å². The number of nitrogens with one attached hydrogen (secondary N) is 1. The standard InChI is InChI=1S/C12H13N3S/c1-2-10-8-16-12(14-10)15-11-5-3-4-9(6-11)7-13/h3-6,10H,2,8H2,1H3,(H,14,15). The molecule has 3 nitrogen and oxygen atoms in total. The minimum absolute atomic E-state index is 0.437. The van der Waals surface area contributed by atoms with Crippen LogP contribution in [0.15, 0.2) is 29.3 Å². The molecule has 1 aliphatic rings. The van der Waals surface area contributed by atoms with Crippen molar-refractivity contribution >= 4 is 22.6 Å². The molecule has 4 heteroatoms. The Bertz CT molecular complexity index is 448. The smallest absolute Gasteiger partial charge is 0.161 e. The van der Waals surface area contributed by atoms with Crippen molar-refractivity contribution in [2.24, 2.45) is 4.99 Å². The number of hydrogen-bond donors (Lipinski definition) is 1. The van der Waals surface area contributed by atoms with E-state index in [4.69, 9.17) is 5.26 Å². The Hall–Kier alpha value is -1.47. The van der Waals surface area contributed by atoms with Crippen molar-refractivity contribution in [1.29, 1.82) is 5.26 Å². The van der Waals surface area contributed by atoms with Gasteiger partial charge >= 0.3 is 0 Å². The molecule has 1 aliphatic heterocycles. The van der Waals surface area contributed by atoms with Crippen molar-refractivity contribution in [3.05, 3.63) is 29.8 Å². The van der Waals surface area contributed by atoms with Crippen molar-refractivity contribution < 1.29 is 0 Å². The minimum Gasteiger partial charge on any atom is -0.335 e. The van der Waals surface area contributed by atoms with Crippen LogP contribution in [0.25, 0.3) is 0 Å². The second-order valence-corrected chi connectivity index (χ2v) is 4.63. The summed E-state index contributed by atoms with van der Waals surface area (Å²) in [5, 5.41) is 13.0. The molecule has 1 aromatic carbocycles.